The molecule has 0 amide bonds. The number of halogens is 2. The summed E-state index contributed by atoms with van der Waals surface area (Å²) in [6.07, 6.45) is 43.2. The summed E-state index contributed by atoms with van der Waals surface area (Å²) in [5.74, 6) is 11.5. The van der Waals surface area contributed by atoms with Crippen molar-refractivity contribution in [3.05, 3.63) is 345 Å². The number of allylic oxidation sites excluding steroid dienone is 1. The van der Waals surface area contributed by atoms with Crippen molar-refractivity contribution < 1.29 is 13.5 Å². The van der Waals surface area contributed by atoms with Gasteiger partial charge in [0.2, 0.25) is 5.82 Å². The van der Waals surface area contributed by atoms with Gasteiger partial charge < -0.3 is 9.64 Å². The summed E-state index contributed by atoms with van der Waals surface area (Å²) in [6.45, 7) is 18.4. The molecular weight excluding hydrogens is 1720 g/mol. The Hall–Kier alpha value is -12.9. The maximum absolute atomic E-state index is 13.8. The summed E-state index contributed by atoms with van der Waals surface area (Å²) in [6, 6.07) is 82.7. The second kappa shape index (κ2) is 58.2. The number of rotatable bonds is 34. The van der Waals surface area contributed by atoms with Gasteiger partial charge in [-0.1, -0.05) is 316 Å². The lowest BCUT2D eigenvalue weighted by atomic mass is 10.0. The molecule has 9 aromatic carbocycles. The van der Waals surface area contributed by atoms with E-state index < -0.39 is 11.6 Å². The monoisotopic (exact) mass is 1850 g/mol. The number of hydrogen-bond donors (Lipinski definition) is 1. The molecule has 0 saturated heterocycles. The molecular formula is C119H126F2N8OS4. The van der Waals surface area contributed by atoms with Crippen LogP contribution in [-0.4, -0.2) is 41.1 Å². The van der Waals surface area contributed by atoms with Crippen LogP contribution in [0.25, 0.3) is 92.7 Å². The number of anilines is 1. The number of nitrogens with zero attached hydrogens (tertiary/aromatic N) is 8. The lowest BCUT2D eigenvalue weighted by molar-refractivity contribution is 0.415. The van der Waals surface area contributed by atoms with Crippen molar-refractivity contribution in [2.24, 2.45) is 0 Å². The van der Waals surface area contributed by atoms with Crippen molar-refractivity contribution in [2.75, 3.05) is 26.1 Å². The molecule has 9 nitrogen and oxygen atoms in total. The van der Waals surface area contributed by atoms with Gasteiger partial charge in [0.1, 0.15) is 40.9 Å². The van der Waals surface area contributed by atoms with Crippen LogP contribution in [0.1, 0.15) is 228 Å². The van der Waals surface area contributed by atoms with E-state index in [2.05, 4.69) is 207 Å². The van der Waals surface area contributed by atoms with Crippen LogP contribution in [0.4, 0.5) is 14.5 Å². The lowest BCUT2D eigenvalue weighted by Gasteiger charge is -2.13. The first-order valence-corrected chi connectivity index (χ1v) is 49.6. The molecule has 0 bridgehead atoms. The number of aromatic nitrogens is 4. The first-order chi connectivity index (χ1) is 65.2. The van der Waals surface area contributed by atoms with Crippen molar-refractivity contribution in [2.45, 2.75) is 208 Å². The maximum Gasteiger partial charge on any atom is 0.204 e. The van der Waals surface area contributed by atoms with Crippen molar-refractivity contribution in [1.29, 1.82) is 15.8 Å². The van der Waals surface area contributed by atoms with Gasteiger partial charge in [-0.15, -0.1) is 52.6 Å². The Balaban J connectivity index is 0.000000194. The lowest BCUT2D eigenvalue weighted by Crippen LogP contribution is -2.07. The Morgan fingerprint density at radius 1 is 0.403 bits per heavy atom. The summed E-state index contributed by atoms with van der Waals surface area (Å²) >= 11 is 10.3. The van der Waals surface area contributed by atoms with Crippen LogP contribution in [0.3, 0.4) is 0 Å². The molecule has 0 aliphatic heterocycles. The third-order valence-electron chi connectivity index (χ3n) is 22.5. The number of thiophene rings is 3. The topological polar surface area (TPSA) is 135 Å². The second-order valence-corrected chi connectivity index (χ2v) is 37.3. The number of unbranched alkanes of at least 4 members (excludes halogenated alkanes) is 18. The molecule has 134 heavy (non-hydrogen) atoms. The number of aryl methyl sites for hydroxylation is 7. The van der Waals surface area contributed by atoms with Gasteiger partial charge in [0.25, 0.3) is 0 Å². The molecule has 686 valence electrons. The quantitative estimate of drug-likeness (QED) is 0.0137. The van der Waals surface area contributed by atoms with Crippen LogP contribution >= 0.6 is 46.6 Å². The van der Waals surface area contributed by atoms with Gasteiger partial charge in [-0.25, -0.2) is 28.7 Å². The average Bonchev–Trinajstić information content (AvgIpc) is 1.74. The molecule has 0 unspecified atom stereocenters. The summed E-state index contributed by atoms with van der Waals surface area (Å²) < 4.78 is 32.8. The van der Waals surface area contributed by atoms with E-state index in [-0.39, 0.29) is 11.1 Å². The van der Waals surface area contributed by atoms with Gasteiger partial charge in [-0.3, -0.25) is 0 Å². The fourth-order valence-electron chi connectivity index (χ4n) is 14.7. The predicted molar refractivity (Wildman–Crippen MR) is 569 cm³/mol. The molecule has 14 rings (SSSR count). The van der Waals surface area contributed by atoms with Crippen LogP contribution in [-0.2, 0) is 12.8 Å². The molecule has 0 aliphatic carbocycles. The maximum atomic E-state index is 13.8. The third-order valence-corrected chi connectivity index (χ3v) is 26.5. The number of hydrogen-bond acceptors (Lipinski definition) is 13. The minimum Gasteiger partial charge on any atom is -0.497 e. The Labute approximate surface area is 815 Å². The van der Waals surface area contributed by atoms with Gasteiger partial charge in [0.05, 0.1) is 24.3 Å². The van der Waals surface area contributed by atoms with Crippen molar-refractivity contribution in [1.82, 2.24) is 19.9 Å². The van der Waals surface area contributed by atoms with Gasteiger partial charge in [-0.05, 0) is 238 Å². The number of methoxy groups -OCH3 is 1. The number of benzene rings is 9. The molecule has 0 saturated carbocycles. The third kappa shape index (κ3) is 35.9. The molecule has 0 fully saturated rings. The number of thiol groups is 1. The highest BCUT2D eigenvalue weighted by atomic mass is 32.1. The van der Waals surface area contributed by atoms with Crippen molar-refractivity contribution >= 4 is 70.6 Å². The first-order valence-electron chi connectivity index (χ1n) is 46.7. The largest absolute Gasteiger partial charge is 0.497 e. The molecule has 0 aliphatic rings. The molecule has 5 aromatic heterocycles. The predicted octanol–water partition coefficient (Wildman–Crippen LogP) is 33.9. The minimum absolute atomic E-state index is 0.109. The molecule has 0 atom stereocenters. The van der Waals surface area contributed by atoms with Crippen molar-refractivity contribution in [3.63, 3.8) is 0 Å². The van der Waals surface area contributed by atoms with Crippen LogP contribution in [0.15, 0.2) is 266 Å². The Morgan fingerprint density at radius 2 is 0.806 bits per heavy atom. The van der Waals surface area contributed by atoms with Gasteiger partial charge in [-0.2, -0.15) is 15.8 Å². The SMILES string of the molecule is CC#Cc1c(F)cc(-c2ccc(N(C)C)cc2)cc1F.CC#Cc1ncc(-c2ccc(S)cc2)cn1.CCCCCCCCCCCCc1cc(-c2ccc(-c3sc(C)cc3CCCCCCCCCCCC)s2)sc1-c1ccc(C)cc1.COc1ccc(-c2cnc(C)nc2)cc1.Cc1ccc(-c2ccc(C#N)cc2)cc1.Cc1ccc(/C=C/c2ccc(C=C(C#N)C#N)cc2)cc1. The zero-order chi connectivity index (χ0) is 95.6. The van der Waals surface area contributed by atoms with E-state index in [1.165, 1.54) is 210 Å². The summed E-state index contributed by atoms with van der Waals surface area (Å²) in [4.78, 5) is 28.3. The van der Waals surface area contributed by atoms with E-state index in [0.29, 0.717) is 17.0 Å². The second-order valence-electron chi connectivity index (χ2n) is 33.4. The fourth-order valence-corrected chi connectivity index (χ4v) is 18.4. The van der Waals surface area contributed by atoms with E-state index >= 15 is 0 Å². The van der Waals surface area contributed by atoms with Crippen LogP contribution in [0.2, 0.25) is 0 Å². The average molecular weight is 1850 g/mol. The Kier molecular flexibility index (Phi) is 45.5. The van der Waals surface area contributed by atoms with Gasteiger partial charge >= 0.3 is 0 Å². The smallest absolute Gasteiger partial charge is 0.204 e. The highest BCUT2D eigenvalue weighted by Gasteiger charge is 2.19. The summed E-state index contributed by atoms with van der Waals surface area (Å²) in [5, 5.41) is 26.1. The molecule has 15 heteroatoms. The molecule has 0 spiro atoms. The van der Waals surface area contributed by atoms with E-state index in [0.717, 1.165) is 72.2 Å². The summed E-state index contributed by atoms with van der Waals surface area (Å²) in [5.41, 5.74) is 20.9. The number of nitriles is 3. The Bertz CT molecular complexity index is 6170. The van der Waals surface area contributed by atoms with E-state index in [1.807, 2.05) is 212 Å². The first kappa shape index (κ1) is 105. The highest BCUT2D eigenvalue weighted by molar-refractivity contribution is 7.80. The van der Waals surface area contributed by atoms with E-state index in [1.54, 1.807) is 50.6 Å². The van der Waals surface area contributed by atoms with E-state index in [4.69, 9.17) is 20.5 Å². The molecule has 0 N–H and O–H groups in total. The Morgan fingerprint density at radius 3 is 1.28 bits per heavy atom. The normalized spacial score (nSPS) is 10.4. The zero-order valence-corrected chi connectivity index (χ0v) is 83.3. The minimum atomic E-state index is -0.633. The van der Waals surface area contributed by atoms with E-state index in [9.17, 15) is 8.78 Å². The summed E-state index contributed by atoms with van der Waals surface area (Å²) in [7, 11) is 5.53. The van der Waals surface area contributed by atoms with Crippen LogP contribution in [0.5, 0.6) is 5.75 Å². The van der Waals surface area contributed by atoms with Crippen molar-refractivity contribution in [3.8, 4) is 122 Å². The number of ether oxygens (including phenoxy) is 1. The molecule has 14 aromatic rings. The van der Waals surface area contributed by atoms with Gasteiger partial charge in [0, 0.05) is 89.9 Å². The highest BCUT2D eigenvalue weighted by Crippen LogP contribution is 2.46. The molecule has 5 heterocycles. The fraction of sp³-hybridized carbons (Fsp3) is 0.286. The van der Waals surface area contributed by atoms with Crippen LogP contribution < -0.4 is 9.64 Å². The van der Waals surface area contributed by atoms with Gasteiger partial charge in [0.15, 0.2) is 0 Å². The molecule has 0 radical (unpaired) electrons. The zero-order valence-electron chi connectivity index (χ0n) is 80.0. The van der Waals surface area contributed by atoms with Crippen LogP contribution in [0, 0.1) is 104 Å². The standard InChI is InChI=1S/C44H64S3.C19H14N2.C17H15F2N.C14H11N.C13H10N2S.C12H12N2O/c1-5-7-9-11-13-15-17-19-21-23-25-38-33-36(4)45-44(38)41-32-31-40(46-41)42-34-39(43(47-42)37-29-27-35(3)28-30-37)26-24-22-20-18-16-14-12-10-8-6-2;1-15-2-4-16(5-3-15)6-7-17-8-10-18(11-9-17)12-19(13-20)14-21;1-4-5-15-16(18)10-13(11-17(15)19)12-6-8-14(9-7-12)20(2)3;1-11-2-6-13(7-3-11)14-8-4-12(10-15)5-9-14;1-2-3-13-14-8-11(9-15-13)10-4-6-12(16)7-5-10;1-9-13-7-11(8-14-9)10-3-5-12(15-2)6-4-10/h27-34H,5-26H2,1-4H3;2-12H,1H3;6-11H,1-3H3;2-9H,1H3;4-9,16H,1H3;3-8H,1-2H3/b;7-6+;;;;.